The summed E-state index contributed by atoms with van der Waals surface area (Å²) in [7, 11) is 0. The van der Waals surface area contributed by atoms with Crippen molar-refractivity contribution in [2.45, 2.75) is 59.4 Å². The Morgan fingerprint density at radius 1 is 1.16 bits per heavy atom. The van der Waals surface area contributed by atoms with Crippen molar-refractivity contribution in [3.63, 3.8) is 0 Å². The van der Waals surface area contributed by atoms with Gasteiger partial charge in [0, 0.05) is 6.04 Å². The highest BCUT2D eigenvalue weighted by Crippen LogP contribution is 2.40. The lowest BCUT2D eigenvalue weighted by Crippen LogP contribution is -2.39. The number of anilines is 1. The maximum absolute atomic E-state index is 6.35. The van der Waals surface area contributed by atoms with Crippen LogP contribution in [0.4, 0.5) is 5.69 Å². The third kappa shape index (κ3) is 3.66. The molecule has 106 valence electrons. The molecule has 1 aromatic carbocycles. The zero-order chi connectivity index (χ0) is 14.0. The first-order chi connectivity index (χ1) is 8.88. The Hall–Kier alpha value is -0.690. The van der Waals surface area contributed by atoms with Gasteiger partial charge in [-0.15, -0.1) is 0 Å². The first-order valence-corrected chi connectivity index (χ1v) is 7.78. The molecule has 0 heterocycles. The largest absolute Gasteiger partial charge is 0.381 e. The standard InChI is InChI=1S/C17H26ClN/c1-12-9-10-16(14(18)11-12)19-15-8-6-5-7-13(15)17(2,3)4/h9-11,13,15,19H,5-8H2,1-4H3. The van der Waals surface area contributed by atoms with Crippen LogP contribution >= 0.6 is 11.6 Å². The van der Waals surface area contributed by atoms with E-state index < -0.39 is 0 Å². The van der Waals surface area contributed by atoms with Gasteiger partial charge in [0.2, 0.25) is 0 Å². The van der Waals surface area contributed by atoms with Crippen molar-refractivity contribution in [1.29, 1.82) is 0 Å². The Morgan fingerprint density at radius 3 is 2.47 bits per heavy atom. The smallest absolute Gasteiger partial charge is 0.0640 e. The average Bonchev–Trinajstić information content (AvgIpc) is 2.32. The van der Waals surface area contributed by atoms with E-state index in [0.717, 1.165) is 16.6 Å². The second-order valence-electron chi connectivity index (χ2n) is 6.99. The maximum Gasteiger partial charge on any atom is 0.0640 e. The first kappa shape index (κ1) is 14.7. The van der Waals surface area contributed by atoms with Gasteiger partial charge in [-0.3, -0.25) is 0 Å². The highest BCUT2D eigenvalue weighted by atomic mass is 35.5. The fraction of sp³-hybridized carbons (Fsp3) is 0.647. The summed E-state index contributed by atoms with van der Waals surface area (Å²) in [6, 6.07) is 6.84. The minimum absolute atomic E-state index is 0.356. The van der Waals surface area contributed by atoms with Crippen LogP contribution in [0.5, 0.6) is 0 Å². The molecule has 2 heteroatoms. The summed E-state index contributed by atoms with van der Waals surface area (Å²) in [4.78, 5) is 0. The van der Waals surface area contributed by atoms with Crippen LogP contribution in [0.3, 0.4) is 0 Å². The molecule has 1 aliphatic carbocycles. The van der Waals surface area contributed by atoms with Crippen LogP contribution in [0, 0.1) is 18.3 Å². The van der Waals surface area contributed by atoms with Gasteiger partial charge in [-0.05, 0) is 48.8 Å². The zero-order valence-electron chi connectivity index (χ0n) is 12.6. The van der Waals surface area contributed by atoms with Crippen LogP contribution < -0.4 is 5.32 Å². The molecule has 0 amide bonds. The predicted molar refractivity (Wildman–Crippen MR) is 85.0 cm³/mol. The Labute approximate surface area is 122 Å². The molecule has 2 unspecified atom stereocenters. The van der Waals surface area contributed by atoms with Crippen molar-refractivity contribution in [1.82, 2.24) is 0 Å². The molecule has 1 aliphatic rings. The molecular weight excluding hydrogens is 254 g/mol. The van der Waals surface area contributed by atoms with E-state index in [0.29, 0.717) is 11.5 Å². The van der Waals surface area contributed by atoms with Crippen molar-refractivity contribution < 1.29 is 0 Å². The normalized spacial score (nSPS) is 24.3. The van der Waals surface area contributed by atoms with Crippen molar-refractivity contribution in [2.75, 3.05) is 5.32 Å². The van der Waals surface area contributed by atoms with Crippen LogP contribution in [-0.4, -0.2) is 6.04 Å². The Morgan fingerprint density at radius 2 is 1.84 bits per heavy atom. The summed E-state index contributed by atoms with van der Waals surface area (Å²) in [5.41, 5.74) is 2.66. The molecule has 0 spiro atoms. The summed E-state index contributed by atoms with van der Waals surface area (Å²) in [6.45, 7) is 9.14. The average molecular weight is 280 g/mol. The summed E-state index contributed by atoms with van der Waals surface area (Å²) >= 11 is 6.35. The molecule has 1 saturated carbocycles. The van der Waals surface area contributed by atoms with Gasteiger partial charge in [-0.2, -0.15) is 0 Å². The summed E-state index contributed by atoms with van der Waals surface area (Å²) < 4.78 is 0. The Bertz CT molecular complexity index is 433. The topological polar surface area (TPSA) is 12.0 Å². The monoisotopic (exact) mass is 279 g/mol. The molecule has 19 heavy (non-hydrogen) atoms. The van der Waals surface area contributed by atoms with Crippen LogP contribution in [0.25, 0.3) is 0 Å². The molecule has 0 bridgehead atoms. The predicted octanol–water partition coefficient (Wildman–Crippen LogP) is 5.67. The molecule has 1 N–H and O–H groups in total. The number of halogens is 1. The fourth-order valence-electron chi connectivity index (χ4n) is 3.28. The van der Waals surface area contributed by atoms with Gasteiger partial charge in [0.1, 0.15) is 0 Å². The second-order valence-corrected chi connectivity index (χ2v) is 7.40. The quantitative estimate of drug-likeness (QED) is 0.736. The van der Waals surface area contributed by atoms with Gasteiger partial charge in [0.25, 0.3) is 0 Å². The van der Waals surface area contributed by atoms with Crippen LogP contribution in [-0.2, 0) is 0 Å². The molecular formula is C17H26ClN. The molecule has 1 fully saturated rings. The minimum Gasteiger partial charge on any atom is -0.381 e. The molecule has 0 aliphatic heterocycles. The number of aryl methyl sites for hydroxylation is 1. The van der Waals surface area contributed by atoms with E-state index in [1.807, 2.05) is 6.07 Å². The van der Waals surface area contributed by atoms with Crippen molar-refractivity contribution in [3.8, 4) is 0 Å². The van der Waals surface area contributed by atoms with E-state index in [-0.39, 0.29) is 0 Å². The molecule has 1 aromatic rings. The van der Waals surface area contributed by atoms with Gasteiger partial charge in [-0.25, -0.2) is 0 Å². The molecule has 0 radical (unpaired) electrons. The maximum atomic E-state index is 6.35. The van der Waals surface area contributed by atoms with E-state index in [1.165, 1.54) is 31.2 Å². The summed E-state index contributed by atoms with van der Waals surface area (Å²) in [6.07, 6.45) is 5.27. The zero-order valence-corrected chi connectivity index (χ0v) is 13.3. The lowest BCUT2D eigenvalue weighted by atomic mass is 9.69. The van der Waals surface area contributed by atoms with Gasteiger partial charge in [-0.1, -0.05) is 51.3 Å². The third-order valence-corrected chi connectivity index (χ3v) is 4.66. The highest BCUT2D eigenvalue weighted by Gasteiger charge is 2.34. The molecule has 2 atom stereocenters. The first-order valence-electron chi connectivity index (χ1n) is 7.40. The van der Waals surface area contributed by atoms with E-state index in [1.54, 1.807) is 0 Å². The highest BCUT2D eigenvalue weighted by molar-refractivity contribution is 6.33. The number of hydrogen-bond acceptors (Lipinski definition) is 1. The number of nitrogens with one attached hydrogen (secondary N) is 1. The summed E-state index contributed by atoms with van der Waals surface area (Å²) in [5, 5.41) is 4.55. The summed E-state index contributed by atoms with van der Waals surface area (Å²) in [5.74, 6) is 0.721. The van der Waals surface area contributed by atoms with Gasteiger partial charge in [0.05, 0.1) is 10.7 Å². The number of hydrogen-bond donors (Lipinski definition) is 1. The van der Waals surface area contributed by atoms with Crippen molar-refractivity contribution in [3.05, 3.63) is 28.8 Å². The minimum atomic E-state index is 0.356. The van der Waals surface area contributed by atoms with E-state index in [2.05, 4.69) is 45.1 Å². The number of rotatable bonds is 2. The molecule has 0 aromatic heterocycles. The number of benzene rings is 1. The van der Waals surface area contributed by atoms with Crippen LogP contribution in [0.1, 0.15) is 52.0 Å². The Kier molecular flexibility index (Phi) is 4.45. The lowest BCUT2D eigenvalue weighted by molar-refractivity contribution is 0.163. The fourth-order valence-corrected chi connectivity index (χ4v) is 3.57. The SMILES string of the molecule is Cc1ccc(NC2CCCCC2C(C)(C)C)c(Cl)c1. The molecule has 1 nitrogen and oxygen atoms in total. The van der Waals surface area contributed by atoms with Gasteiger partial charge >= 0.3 is 0 Å². The van der Waals surface area contributed by atoms with Crippen LogP contribution in [0.2, 0.25) is 5.02 Å². The lowest BCUT2D eigenvalue weighted by Gasteiger charge is -2.41. The van der Waals surface area contributed by atoms with Crippen molar-refractivity contribution >= 4 is 17.3 Å². The van der Waals surface area contributed by atoms with Gasteiger partial charge < -0.3 is 5.32 Å². The third-order valence-electron chi connectivity index (χ3n) is 4.34. The van der Waals surface area contributed by atoms with Gasteiger partial charge in [0.15, 0.2) is 0 Å². The van der Waals surface area contributed by atoms with Crippen LogP contribution in [0.15, 0.2) is 18.2 Å². The van der Waals surface area contributed by atoms with E-state index in [4.69, 9.17) is 11.6 Å². The van der Waals surface area contributed by atoms with Crippen molar-refractivity contribution in [2.24, 2.45) is 11.3 Å². The molecule has 2 rings (SSSR count). The van der Waals surface area contributed by atoms with E-state index >= 15 is 0 Å². The molecule has 0 saturated heterocycles. The Balaban J connectivity index is 2.15. The second kappa shape index (κ2) is 5.75. The van der Waals surface area contributed by atoms with E-state index in [9.17, 15) is 0 Å².